The number of halogens is 2. The summed E-state index contributed by atoms with van der Waals surface area (Å²) in [5.74, 6) is -0.541. The Balaban J connectivity index is 1.55. The molecule has 4 heterocycles. The van der Waals surface area contributed by atoms with Gasteiger partial charge in [0.15, 0.2) is 5.01 Å². The molecule has 0 spiro atoms. The van der Waals surface area contributed by atoms with Gasteiger partial charge in [0.2, 0.25) is 0 Å². The summed E-state index contributed by atoms with van der Waals surface area (Å²) >= 11 is 0.920. The molecule has 2 amide bonds. The van der Waals surface area contributed by atoms with E-state index >= 15 is 0 Å². The minimum absolute atomic E-state index is 0.0149. The van der Waals surface area contributed by atoms with Crippen molar-refractivity contribution in [2.45, 2.75) is 102 Å². The third kappa shape index (κ3) is 5.20. The first-order valence-corrected chi connectivity index (χ1v) is 13.7. The average molecular weight is 534 g/mol. The third-order valence-corrected chi connectivity index (χ3v) is 8.51. The van der Waals surface area contributed by atoms with Crippen LogP contribution in [0.5, 0.6) is 0 Å². The molecular formula is C26H33F2N5O3S. The summed E-state index contributed by atoms with van der Waals surface area (Å²) in [7, 11) is 0. The van der Waals surface area contributed by atoms with E-state index in [1.54, 1.807) is 0 Å². The molecule has 200 valence electrons. The molecular weight excluding hydrogens is 500 g/mol. The second-order valence-electron chi connectivity index (χ2n) is 11.3. The number of anilines is 1. The molecule has 8 nitrogen and oxygen atoms in total. The maximum Gasteiger partial charge on any atom is 0.280 e. The van der Waals surface area contributed by atoms with Gasteiger partial charge in [-0.2, -0.15) is 0 Å². The molecule has 2 atom stereocenters. The highest BCUT2D eigenvalue weighted by Crippen LogP contribution is 2.42. The standard InChI is InChI=1S/C26H33F2N5O3S/c1-26(2,3)32-19-11-15(22(27)28)16(12-29-19)21-20(25(36)33-13-7-8-14(33)10-9-13)31-24(37-21)23(35)30-17-5-4-6-18(17)34/h11-14,17-18,22,34H,4-10H2,1-3H3,(H,29,32)(H,30,35)/t13?,14?,17-,18-/m0/s1. The van der Waals surface area contributed by atoms with E-state index in [0.29, 0.717) is 18.7 Å². The molecule has 2 aromatic rings. The molecule has 2 aliphatic heterocycles. The minimum atomic E-state index is -2.82. The summed E-state index contributed by atoms with van der Waals surface area (Å²) in [5, 5.41) is 16.1. The number of amides is 2. The van der Waals surface area contributed by atoms with Crippen LogP contribution in [0, 0.1) is 0 Å². The van der Waals surface area contributed by atoms with Gasteiger partial charge in [-0.25, -0.2) is 18.7 Å². The van der Waals surface area contributed by atoms with Crippen LogP contribution in [0.15, 0.2) is 12.3 Å². The lowest BCUT2D eigenvalue weighted by Crippen LogP contribution is -2.40. The number of aliphatic hydroxyl groups is 1. The normalized spacial score (nSPS) is 25.2. The van der Waals surface area contributed by atoms with Crippen LogP contribution in [0.3, 0.4) is 0 Å². The van der Waals surface area contributed by atoms with Crippen molar-refractivity contribution in [1.29, 1.82) is 0 Å². The molecule has 2 aromatic heterocycles. The van der Waals surface area contributed by atoms with Gasteiger partial charge < -0.3 is 20.6 Å². The number of fused-ring (bicyclic) bond motifs is 2. The van der Waals surface area contributed by atoms with Crippen molar-refractivity contribution in [1.82, 2.24) is 20.2 Å². The van der Waals surface area contributed by atoms with E-state index in [9.17, 15) is 23.5 Å². The Morgan fingerprint density at radius 3 is 2.38 bits per heavy atom. The van der Waals surface area contributed by atoms with E-state index < -0.39 is 24.5 Å². The number of hydrogen-bond donors (Lipinski definition) is 3. The zero-order valence-electron chi connectivity index (χ0n) is 21.3. The van der Waals surface area contributed by atoms with Gasteiger partial charge in [0.05, 0.1) is 17.0 Å². The quantitative estimate of drug-likeness (QED) is 0.494. The van der Waals surface area contributed by atoms with Crippen molar-refractivity contribution in [3.63, 3.8) is 0 Å². The lowest BCUT2D eigenvalue weighted by atomic mass is 10.0. The maximum absolute atomic E-state index is 14.3. The highest BCUT2D eigenvalue weighted by atomic mass is 32.1. The number of carbonyl (C=O) groups excluding carboxylic acids is 2. The number of aromatic nitrogens is 2. The van der Waals surface area contributed by atoms with Crippen molar-refractivity contribution in [2.75, 3.05) is 5.32 Å². The second kappa shape index (κ2) is 9.90. The van der Waals surface area contributed by atoms with Crippen LogP contribution in [0.1, 0.15) is 98.0 Å². The average Bonchev–Trinajstić information content (AvgIpc) is 3.62. The van der Waals surface area contributed by atoms with Gasteiger partial charge in [-0.05, 0) is 71.8 Å². The van der Waals surface area contributed by atoms with E-state index in [4.69, 9.17) is 0 Å². The molecule has 3 N–H and O–H groups in total. The van der Waals surface area contributed by atoms with Gasteiger partial charge >= 0.3 is 0 Å². The second-order valence-corrected chi connectivity index (χ2v) is 12.3. The Hall–Kier alpha value is -2.66. The largest absolute Gasteiger partial charge is 0.391 e. The Morgan fingerprint density at radius 1 is 1.14 bits per heavy atom. The number of thiazole rings is 1. The zero-order chi connectivity index (χ0) is 26.5. The van der Waals surface area contributed by atoms with Gasteiger partial charge in [-0.1, -0.05) is 0 Å². The van der Waals surface area contributed by atoms with Crippen LogP contribution in [-0.2, 0) is 0 Å². The Labute approximate surface area is 218 Å². The predicted molar refractivity (Wildman–Crippen MR) is 137 cm³/mol. The Bertz CT molecular complexity index is 1180. The fourth-order valence-corrected chi connectivity index (χ4v) is 6.74. The summed E-state index contributed by atoms with van der Waals surface area (Å²) < 4.78 is 28.6. The number of rotatable bonds is 6. The molecule has 1 saturated carbocycles. The van der Waals surface area contributed by atoms with E-state index in [1.807, 2.05) is 25.7 Å². The van der Waals surface area contributed by atoms with Gasteiger partial charge in [0, 0.05) is 34.9 Å². The van der Waals surface area contributed by atoms with Gasteiger partial charge in [-0.15, -0.1) is 11.3 Å². The summed E-state index contributed by atoms with van der Waals surface area (Å²) in [4.78, 5) is 37.6. The number of aliphatic hydroxyl groups excluding tert-OH is 1. The van der Waals surface area contributed by atoms with Crippen LogP contribution >= 0.6 is 11.3 Å². The number of pyridine rings is 1. The monoisotopic (exact) mass is 533 g/mol. The Morgan fingerprint density at radius 2 is 1.81 bits per heavy atom. The van der Waals surface area contributed by atoms with Gasteiger partial charge in [0.25, 0.3) is 18.2 Å². The maximum atomic E-state index is 14.3. The molecule has 37 heavy (non-hydrogen) atoms. The predicted octanol–water partition coefficient (Wildman–Crippen LogP) is 4.76. The van der Waals surface area contributed by atoms with Crippen molar-refractivity contribution >= 4 is 29.0 Å². The summed E-state index contributed by atoms with van der Waals surface area (Å²) in [6, 6.07) is 1.13. The summed E-state index contributed by atoms with van der Waals surface area (Å²) in [6.07, 6.45) is 3.60. The van der Waals surface area contributed by atoms with Gasteiger partial charge in [-0.3, -0.25) is 9.59 Å². The molecule has 2 bridgehead atoms. The molecule has 3 fully saturated rings. The van der Waals surface area contributed by atoms with Crippen molar-refractivity contribution < 1.29 is 23.5 Å². The van der Waals surface area contributed by atoms with Crippen LogP contribution < -0.4 is 10.6 Å². The number of nitrogens with zero attached hydrogens (tertiary/aromatic N) is 3. The Kier molecular flexibility index (Phi) is 6.95. The highest BCUT2D eigenvalue weighted by molar-refractivity contribution is 7.17. The fourth-order valence-electron chi connectivity index (χ4n) is 5.74. The van der Waals surface area contributed by atoms with E-state index in [0.717, 1.165) is 43.4 Å². The minimum Gasteiger partial charge on any atom is -0.391 e. The topological polar surface area (TPSA) is 107 Å². The van der Waals surface area contributed by atoms with Crippen LogP contribution in [0.2, 0.25) is 0 Å². The smallest absolute Gasteiger partial charge is 0.280 e. The molecule has 0 radical (unpaired) electrons. The van der Waals surface area contributed by atoms with Crippen LogP contribution in [0.4, 0.5) is 14.6 Å². The van der Waals surface area contributed by atoms with E-state index in [1.165, 1.54) is 12.3 Å². The number of carbonyl (C=O) groups is 2. The summed E-state index contributed by atoms with van der Waals surface area (Å²) in [5.41, 5.74) is -0.546. The van der Waals surface area contributed by atoms with Crippen molar-refractivity contribution in [2.24, 2.45) is 0 Å². The molecule has 1 aliphatic carbocycles. The number of hydrogen-bond acceptors (Lipinski definition) is 7. The number of nitrogens with one attached hydrogen (secondary N) is 2. The lowest BCUT2D eigenvalue weighted by Gasteiger charge is -2.23. The van der Waals surface area contributed by atoms with Crippen LogP contribution in [-0.4, -0.2) is 61.6 Å². The number of alkyl halides is 2. The zero-order valence-corrected chi connectivity index (χ0v) is 22.1. The molecule has 3 aliphatic rings. The SMILES string of the molecule is CC(C)(C)Nc1cc(C(F)F)c(-c2sc(C(=O)N[C@H]3CCC[C@@H]3O)nc2C(=O)N2C3CCC2CC3)cn1. The third-order valence-electron chi connectivity index (χ3n) is 7.43. The first kappa shape index (κ1) is 26.0. The molecule has 2 saturated heterocycles. The van der Waals surface area contributed by atoms with E-state index in [2.05, 4.69) is 20.6 Å². The molecule has 0 aromatic carbocycles. The first-order chi connectivity index (χ1) is 17.5. The fraction of sp³-hybridized carbons (Fsp3) is 0.615. The summed E-state index contributed by atoms with van der Waals surface area (Å²) in [6.45, 7) is 5.71. The lowest BCUT2D eigenvalue weighted by molar-refractivity contribution is 0.0725. The van der Waals surface area contributed by atoms with Crippen LogP contribution in [0.25, 0.3) is 10.4 Å². The van der Waals surface area contributed by atoms with Gasteiger partial charge in [0.1, 0.15) is 11.5 Å². The first-order valence-electron chi connectivity index (χ1n) is 12.9. The molecule has 5 rings (SSSR count). The van der Waals surface area contributed by atoms with E-state index in [-0.39, 0.29) is 50.2 Å². The van der Waals surface area contributed by atoms with Crippen molar-refractivity contribution in [3.05, 3.63) is 28.5 Å². The van der Waals surface area contributed by atoms with Crippen molar-refractivity contribution in [3.8, 4) is 10.4 Å². The molecule has 0 unspecified atom stereocenters. The molecule has 11 heteroatoms. The highest BCUT2D eigenvalue weighted by Gasteiger charge is 2.44.